The van der Waals surface area contributed by atoms with E-state index in [1.807, 2.05) is 12.1 Å². The molecule has 110 valence electrons. The predicted molar refractivity (Wildman–Crippen MR) is 77.0 cm³/mol. The van der Waals surface area contributed by atoms with Crippen LogP contribution in [-0.2, 0) is 21.1 Å². The lowest BCUT2D eigenvalue weighted by atomic mass is 10.0. The Balaban J connectivity index is 1.83. The molecule has 0 unspecified atom stereocenters. The Labute approximate surface area is 119 Å². The molecule has 1 aromatic heterocycles. The highest BCUT2D eigenvalue weighted by molar-refractivity contribution is 7.91. The fourth-order valence-electron chi connectivity index (χ4n) is 2.41. The Morgan fingerprint density at radius 3 is 2.50 bits per heavy atom. The first-order chi connectivity index (χ1) is 9.48. The molecule has 0 aliphatic carbocycles. The number of hydrogen-bond acceptors (Lipinski definition) is 4. The van der Waals surface area contributed by atoms with E-state index in [9.17, 15) is 13.2 Å². The zero-order chi connectivity index (χ0) is 14.6. The van der Waals surface area contributed by atoms with Crippen LogP contribution in [0, 0.1) is 5.92 Å². The van der Waals surface area contributed by atoms with Crippen LogP contribution in [-0.4, -0.2) is 49.3 Å². The lowest BCUT2D eigenvalue weighted by Gasteiger charge is -2.26. The lowest BCUT2D eigenvalue weighted by Crippen LogP contribution is -2.38. The summed E-state index contributed by atoms with van der Waals surface area (Å²) in [6.45, 7) is 0.645. The molecule has 6 heteroatoms. The van der Waals surface area contributed by atoms with Crippen molar-refractivity contribution in [2.24, 2.45) is 5.92 Å². The van der Waals surface area contributed by atoms with Gasteiger partial charge < -0.3 is 4.90 Å². The van der Waals surface area contributed by atoms with Crippen LogP contribution < -0.4 is 0 Å². The molecule has 1 fully saturated rings. The molecule has 0 N–H and O–H groups in total. The minimum Gasteiger partial charge on any atom is -0.345 e. The van der Waals surface area contributed by atoms with Crippen molar-refractivity contribution in [3.05, 3.63) is 30.1 Å². The maximum absolute atomic E-state index is 12.2. The van der Waals surface area contributed by atoms with Gasteiger partial charge in [-0.2, -0.15) is 0 Å². The number of amides is 1. The molecule has 2 rings (SSSR count). The number of carbonyl (C=O) groups excluding carboxylic acids is 1. The molecule has 0 spiro atoms. The first-order valence-corrected chi connectivity index (χ1v) is 8.64. The number of aromatic nitrogens is 1. The van der Waals surface area contributed by atoms with Gasteiger partial charge in [-0.1, -0.05) is 0 Å². The molecule has 1 aliphatic rings. The van der Waals surface area contributed by atoms with E-state index in [1.165, 1.54) is 0 Å². The van der Waals surface area contributed by atoms with Gasteiger partial charge in [0.15, 0.2) is 0 Å². The fraction of sp³-hybridized carbons (Fsp3) is 0.571. The summed E-state index contributed by atoms with van der Waals surface area (Å²) in [6.07, 6.45) is 5.18. The van der Waals surface area contributed by atoms with Crippen LogP contribution in [0.1, 0.15) is 18.4 Å². The summed E-state index contributed by atoms with van der Waals surface area (Å²) >= 11 is 0. The van der Waals surface area contributed by atoms with Crippen LogP contribution in [0.5, 0.6) is 0 Å². The molecule has 20 heavy (non-hydrogen) atoms. The summed E-state index contributed by atoms with van der Waals surface area (Å²) in [7, 11) is -1.12. The van der Waals surface area contributed by atoms with E-state index in [4.69, 9.17) is 0 Å². The highest BCUT2D eigenvalue weighted by Gasteiger charge is 2.29. The molecule has 1 aromatic rings. The Morgan fingerprint density at radius 1 is 1.30 bits per heavy atom. The fourth-order valence-corrected chi connectivity index (χ4v) is 3.90. The SMILES string of the molecule is CN(CCc1ccncc1)C(=O)C1CCS(=O)(=O)CC1. The van der Waals surface area contributed by atoms with Gasteiger partial charge in [0.05, 0.1) is 11.5 Å². The van der Waals surface area contributed by atoms with Gasteiger partial charge in [0, 0.05) is 31.9 Å². The molecule has 0 bridgehead atoms. The Bertz CT molecular complexity index is 543. The number of hydrogen-bond donors (Lipinski definition) is 0. The van der Waals surface area contributed by atoms with Crippen LogP contribution >= 0.6 is 0 Å². The van der Waals surface area contributed by atoms with Gasteiger partial charge in [-0.05, 0) is 37.0 Å². The summed E-state index contributed by atoms with van der Waals surface area (Å²) in [4.78, 5) is 17.9. The van der Waals surface area contributed by atoms with Crippen molar-refractivity contribution in [1.82, 2.24) is 9.88 Å². The van der Waals surface area contributed by atoms with E-state index in [1.54, 1.807) is 24.3 Å². The smallest absolute Gasteiger partial charge is 0.225 e. The van der Waals surface area contributed by atoms with Gasteiger partial charge in [-0.3, -0.25) is 9.78 Å². The van der Waals surface area contributed by atoms with E-state index in [2.05, 4.69) is 4.98 Å². The molecule has 5 nitrogen and oxygen atoms in total. The number of pyridine rings is 1. The quantitative estimate of drug-likeness (QED) is 0.828. The molecule has 0 saturated carbocycles. The number of likely N-dealkylation sites (N-methyl/N-ethyl adjacent to an activating group) is 1. The summed E-state index contributed by atoms with van der Waals surface area (Å²) in [5, 5.41) is 0. The molecular formula is C14H20N2O3S. The molecule has 1 saturated heterocycles. The first-order valence-electron chi connectivity index (χ1n) is 6.82. The third kappa shape index (κ3) is 4.03. The van der Waals surface area contributed by atoms with Crippen molar-refractivity contribution >= 4 is 15.7 Å². The van der Waals surface area contributed by atoms with Crippen molar-refractivity contribution in [3.8, 4) is 0 Å². The molecule has 2 heterocycles. The third-order valence-electron chi connectivity index (χ3n) is 3.77. The number of carbonyl (C=O) groups is 1. The van der Waals surface area contributed by atoms with Gasteiger partial charge >= 0.3 is 0 Å². The zero-order valence-electron chi connectivity index (χ0n) is 11.7. The molecular weight excluding hydrogens is 276 g/mol. The topological polar surface area (TPSA) is 67.3 Å². The first kappa shape index (κ1) is 15.0. The van der Waals surface area contributed by atoms with Gasteiger partial charge in [-0.15, -0.1) is 0 Å². The van der Waals surface area contributed by atoms with Gasteiger partial charge in [0.1, 0.15) is 9.84 Å². The summed E-state index contributed by atoms with van der Waals surface area (Å²) in [5.41, 5.74) is 1.14. The second kappa shape index (κ2) is 6.35. The van der Waals surface area contributed by atoms with Crippen LogP contribution in [0.4, 0.5) is 0 Å². The van der Waals surface area contributed by atoms with Crippen molar-refractivity contribution in [2.75, 3.05) is 25.1 Å². The summed E-state index contributed by atoms with van der Waals surface area (Å²) in [6, 6.07) is 3.87. The van der Waals surface area contributed by atoms with Crippen LogP contribution in [0.2, 0.25) is 0 Å². The minimum atomic E-state index is -2.91. The third-order valence-corrected chi connectivity index (χ3v) is 5.48. The predicted octanol–water partition coefficient (Wildman–Crippen LogP) is 0.907. The largest absolute Gasteiger partial charge is 0.345 e. The lowest BCUT2D eigenvalue weighted by molar-refractivity contribution is -0.134. The second-order valence-corrected chi connectivity index (χ2v) is 7.59. The Morgan fingerprint density at radius 2 is 1.90 bits per heavy atom. The zero-order valence-corrected chi connectivity index (χ0v) is 12.5. The molecule has 0 radical (unpaired) electrons. The maximum atomic E-state index is 12.2. The summed E-state index contributed by atoms with van der Waals surface area (Å²) in [5.74, 6) is 0.207. The average molecular weight is 296 g/mol. The standard InChI is InChI=1S/C14H20N2O3S/c1-16(9-4-12-2-7-15-8-3-12)14(17)13-5-10-20(18,19)11-6-13/h2-3,7-8,13H,4-6,9-11H2,1H3. The van der Waals surface area contributed by atoms with E-state index < -0.39 is 9.84 Å². The number of rotatable bonds is 4. The summed E-state index contributed by atoms with van der Waals surface area (Å²) < 4.78 is 22.7. The monoisotopic (exact) mass is 296 g/mol. The van der Waals surface area contributed by atoms with Crippen molar-refractivity contribution < 1.29 is 13.2 Å². The van der Waals surface area contributed by atoms with Gasteiger partial charge in [0.25, 0.3) is 0 Å². The Kier molecular flexibility index (Phi) is 4.75. The van der Waals surface area contributed by atoms with E-state index in [-0.39, 0.29) is 23.3 Å². The molecule has 1 amide bonds. The molecule has 1 aliphatic heterocycles. The van der Waals surface area contributed by atoms with E-state index >= 15 is 0 Å². The highest BCUT2D eigenvalue weighted by atomic mass is 32.2. The van der Waals surface area contributed by atoms with Gasteiger partial charge in [0.2, 0.25) is 5.91 Å². The maximum Gasteiger partial charge on any atom is 0.225 e. The number of sulfone groups is 1. The average Bonchev–Trinajstić information content (AvgIpc) is 2.45. The molecule has 0 atom stereocenters. The normalized spacial score (nSPS) is 18.6. The van der Waals surface area contributed by atoms with E-state index in [0.717, 1.165) is 12.0 Å². The minimum absolute atomic E-state index is 0.0638. The molecule has 0 aromatic carbocycles. The van der Waals surface area contributed by atoms with Crippen molar-refractivity contribution in [1.29, 1.82) is 0 Å². The van der Waals surface area contributed by atoms with Crippen LogP contribution in [0.15, 0.2) is 24.5 Å². The Hall–Kier alpha value is -1.43. The van der Waals surface area contributed by atoms with Crippen molar-refractivity contribution in [2.45, 2.75) is 19.3 Å². The highest BCUT2D eigenvalue weighted by Crippen LogP contribution is 2.20. The van der Waals surface area contributed by atoms with Crippen molar-refractivity contribution in [3.63, 3.8) is 0 Å². The second-order valence-electron chi connectivity index (χ2n) is 5.29. The van der Waals surface area contributed by atoms with Crippen LogP contribution in [0.25, 0.3) is 0 Å². The van der Waals surface area contributed by atoms with Gasteiger partial charge in [-0.25, -0.2) is 8.42 Å². The van der Waals surface area contributed by atoms with Crippen LogP contribution in [0.3, 0.4) is 0 Å². The number of nitrogens with zero attached hydrogens (tertiary/aromatic N) is 2. The van der Waals surface area contributed by atoms with E-state index in [0.29, 0.717) is 19.4 Å².